The first-order chi connectivity index (χ1) is 9.74. The van der Waals surface area contributed by atoms with Gasteiger partial charge in [0.05, 0.1) is 6.61 Å². The van der Waals surface area contributed by atoms with Crippen LogP contribution in [-0.4, -0.2) is 31.6 Å². The van der Waals surface area contributed by atoms with E-state index < -0.39 is 0 Å². The largest absolute Gasteiger partial charge is 0.493 e. The molecule has 2 N–H and O–H groups in total. The monoisotopic (exact) mass is 316 g/mol. The van der Waals surface area contributed by atoms with Crippen LogP contribution in [0, 0.1) is 5.82 Å². The Labute approximate surface area is 130 Å². The van der Waals surface area contributed by atoms with Crippen LogP contribution < -0.4 is 15.4 Å². The minimum Gasteiger partial charge on any atom is -0.493 e. The van der Waals surface area contributed by atoms with Crippen LogP contribution in [-0.2, 0) is 4.79 Å². The van der Waals surface area contributed by atoms with Crippen molar-refractivity contribution in [3.05, 3.63) is 30.1 Å². The molecule has 1 aromatic rings. The molecule has 6 heteroatoms. The summed E-state index contributed by atoms with van der Waals surface area (Å²) in [7, 11) is 0. The van der Waals surface area contributed by atoms with E-state index in [4.69, 9.17) is 4.74 Å². The molecule has 1 amide bonds. The van der Waals surface area contributed by atoms with Crippen LogP contribution in [0.4, 0.5) is 4.39 Å². The number of halogens is 2. The lowest BCUT2D eigenvalue weighted by atomic mass is 10.2. The van der Waals surface area contributed by atoms with E-state index >= 15 is 0 Å². The fraction of sp³-hybridized carbons (Fsp3) is 0.533. The van der Waals surface area contributed by atoms with Crippen molar-refractivity contribution in [3.8, 4) is 5.75 Å². The number of hydrogen-bond acceptors (Lipinski definition) is 3. The van der Waals surface area contributed by atoms with Gasteiger partial charge in [-0.3, -0.25) is 4.79 Å². The molecule has 2 rings (SSSR count). The van der Waals surface area contributed by atoms with Crippen LogP contribution >= 0.6 is 12.4 Å². The molecule has 0 aromatic heterocycles. The molecule has 1 heterocycles. The summed E-state index contributed by atoms with van der Waals surface area (Å²) in [5, 5.41) is 6.25. The Morgan fingerprint density at radius 1 is 1.48 bits per heavy atom. The van der Waals surface area contributed by atoms with E-state index in [1.54, 1.807) is 12.1 Å². The highest BCUT2D eigenvalue weighted by Crippen LogP contribution is 2.12. The first-order valence-electron chi connectivity index (χ1n) is 7.12. The van der Waals surface area contributed by atoms with Crippen molar-refractivity contribution >= 4 is 18.3 Å². The number of ether oxygens (including phenoxy) is 1. The number of rotatable bonds is 7. The fourth-order valence-electron chi connectivity index (χ4n) is 2.24. The summed E-state index contributed by atoms with van der Waals surface area (Å²) >= 11 is 0. The standard InChI is InChI=1S/C15H21FN2O2.ClH/c16-12-4-1-6-14(10-12)20-9-3-7-15(19)18-11-13-5-2-8-17-13;/h1,4,6,10,13,17H,2-3,5,7-9,11H2,(H,18,19);1H. The Balaban J connectivity index is 0.00000220. The van der Waals surface area contributed by atoms with Gasteiger partial charge in [0.25, 0.3) is 0 Å². The van der Waals surface area contributed by atoms with Crippen molar-refractivity contribution in [2.75, 3.05) is 19.7 Å². The van der Waals surface area contributed by atoms with Gasteiger partial charge >= 0.3 is 0 Å². The van der Waals surface area contributed by atoms with Gasteiger partial charge < -0.3 is 15.4 Å². The summed E-state index contributed by atoms with van der Waals surface area (Å²) in [5.74, 6) is 0.228. The zero-order valence-electron chi connectivity index (χ0n) is 11.9. The zero-order chi connectivity index (χ0) is 14.2. The van der Waals surface area contributed by atoms with E-state index in [9.17, 15) is 9.18 Å². The summed E-state index contributed by atoms with van der Waals surface area (Å²) in [6, 6.07) is 6.44. The summed E-state index contributed by atoms with van der Waals surface area (Å²) in [5.41, 5.74) is 0. The SMILES string of the molecule is Cl.O=C(CCCOc1cccc(F)c1)NCC1CCCN1. The van der Waals surface area contributed by atoms with Gasteiger partial charge in [-0.2, -0.15) is 0 Å². The maximum Gasteiger partial charge on any atom is 0.220 e. The zero-order valence-corrected chi connectivity index (χ0v) is 12.8. The van der Waals surface area contributed by atoms with Crippen LogP contribution in [0.25, 0.3) is 0 Å². The molecule has 0 spiro atoms. The first-order valence-corrected chi connectivity index (χ1v) is 7.12. The van der Waals surface area contributed by atoms with Gasteiger partial charge in [-0.25, -0.2) is 4.39 Å². The van der Waals surface area contributed by atoms with Crippen LogP contribution in [0.5, 0.6) is 5.75 Å². The molecule has 1 atom stereocenters. The summed E-state index contributed by atoms with van der Waals surface area (Å²) in [6.07, 6.45) is 3.37. The molecular weight excluding hydrogens is 295 g/mol. The number of carbonyl (C=O) groups excluding carboxylic acids is 1. The fourth-order valence-corrected chi connectivity index (χ4v) is 2.24. The van der Waals surface area contributed by atoms with E-state index in [1.165, 1.54) is 18.6 Å². The van der Waals surface area contributed by atoms with Crippen LogP contribution in [0.3, 0.4) is 0 Å². The number of nitrogens with one attached hydrogen (secondary N) is 2. The second-order valence-corrected chi connectivity index (χ2v) is 5.01. The predicted octanol–water partition coefficient (Wildman–Crippen LogP) is 2.27. The van der Waals surface area contributed by atoms with E-state index in [1.807, 2.05) is 0 Å². The van der Waals surface area contributed by atoms with Gasteiger partial charge in [0, 0.05) is 25.1 Å². The summed E-state index contributed by atoms with van der Waals surface area (Å²) in [4.78, 5) is 11.6. The lowest BCUT2D eigenvalue weighted by Crippen LogP contribution is -2.37. The highest BCUT2D eigenvalue weighted by atomic mass is 35.5. The van der Waals surface area contributed by atoms with Crippen molar-refractivity contribution in [2.24, 2.45) is 0 Å². The van der Waals surface area contributed by atoms with Gasteiger partial charge in [0.2, 0.25) is 5.91 Å². The maximum atomic E-state index is 12.9. The third kappa shape index (κ3) is 6.78. The summed E-state index contributed by atoms with van der Waals surface area (Å²) < 4.78 is 18.3. The Morgan fingerprint density at radius 2 is 2.33 bits per heavy atom. The third-order valence-electron chi connectivity index (χ3n) is 3.32. The molecule has 0 saturated carbocycles. The lowest BCUT2D eigenvalue weighted by Gasteiger charge is -2.11. The van der Waals surface area contributed by atoms with Crippen molar-refractivity contribution in [2.45, 2.75) is 31.7 Å². The number of amides is 1. The highest BCUT2D eigenvalue weighted by molar-refractivity contribution is 5.85. The van der Waals surface area contributed by atoms with E-state index in [0.29, 0.717) is 37.8 Å². The molecule has 1 unspecified atom stereocenters. The van der Waals surface area contributed by atoms with Gasteiger partial charge in [-0.15, -0.1) is 12.4 Å². The maximum absolute atomic E-state index is 12.9. The van der Waals surface area contributed by atoms with Gasteiger partial charge in [-0.1, -0.05) is 6.07 Å². The van der Waals surface area contributed by atoms with Gasteiger partial charge in [0.15, 0.2) is 0 Å². The molecule has 0 radical (unpaired) electrons. The molecule has 1 saturated heterocycles. The summed E-state index contributed by atoms with van der Waals surface area (Å²) in [6.45, 7) is 2.16. The molecule has 1 aromatic carbocycles. The smallest absolute Gasteiger partial charge is 0.220 e. The quantitative estimate of drug-likeness (QED) is 0.759. The van der Waals surface area contributed by atoms with Crippen molar-refractivity contribution < 1.29 is 13.9 Å². The number of hydrogen-bond donors (Lipinski definition) is 2. The van der Waals surface area contributed by atoms with Gasteiger partial charge in [-0.05, 0) is 37.9 Å². The molecule has 21 heavy (non-hydrogen) atoms. The Hall–Kier alpha value is -1.33. The van der Waals surface area contributed by atoms with Crippen molar-refractivity contribution in [1.29, 1.82) is 0 Å². The lowest BCUT2D eigenvalue weighted by molar-refractivity contribution is -0.121. The van der Waals surface area contributed by atoms with Crippen LogP contribution in [0.15, 0.2) is 24.3 Å². The normalized spacial score (nSPS) is 17.1. The molecule has 0 aliphatic carbocycles. The molecule has 4 nitrogen and oxygen atoms in total. The number of carbonyl (C=O) groups is 1. The van der Waals surface area contributed by atoms with Crippen LogP contribution in [0.2, 0.25) is 0 Å². The van der Waals surface area contributed by atoms with E-state index in [0.717, 1.165) is 13.0 Å². The van der Waals surface area contributed by atoms with Crippen molar-refractivity contribution in [1.82, 2.24) is 10.6 Å². The highest BCUT2D eigenvalue weighted by Gasteiger charge is 2.14. The average molecular weight is 317 g/mol. The minimum atomic E-state index is -0.315. The second kappa shape index (κ2) is 9.58. The van der Waals surface area contributed by atoms with Crippen LogP contribution in [0.1, 0.15) is 25.7 Å². The topological polar surface area (TPSA) is 50.4 Å². The van der Waals surface area contributed by atoms with Gasteiger partial charge in [0.1, 0.15) is 11.6 Å². The molecular formula is C15H22ClFN2O2. The van der Waals surface area contributed by atoms with Crippen molar-refractivity contribution in [3.63, 3.8) is 0 Å². The molecule has 1 aliphatic heterocycles. The van der Waals surface area contributed by atoms with E-state index in [2.05, 4.69) is 10.6 Å². The number of benzene rings is 1. The minimum absolute atomic E-state index is 0. The average Bonchev–Trinajstić information content (AvgIpc) is 2.95. The molecule has 0 bridgehead atoms. The molecule has 118 valence electrons. The Morgan fingerprint density at radius 3 is 3.05 bits per heavy atom. The Bertz CT molecular complexity index is 439. The second-order valence-electron chi connectivity index (χ2n) is 5.01. The van der Waals surface area contributed by atoms with E-state index in [-0.39, 0.29) is 24.1 Å². The predicted molar refractivity (Wildman–Crippen MR) is 82.4 cm³/mol. The molecule has 1 aliphatic rings. The third-order valence-corrected chi connectivity index (χ3v) is 3.32. The first kappa shape index (κ1) is 17.7. The molecule has 1 fully saturated rings. The Kier molecular flexibility index (Phi) is 8.08.